The molecule has 3 atom stereocenters. The van der Waals surface area contributed by atoms with E-state index in [4.69, 9.17) is 4.74 Å². The van der Waals surface area contributed by atoms with Crippen molar-refractivity contribution >= 4 is 33.4 Å². The van der Waals surface area contributed by atoms with Gasteiger partial charge in [0.2, 0.25) is 0 Å². The zero-order chi connectivity index (χ0) is 25.3. The van der Waals surface area contributed by atoms with Gasteiger partial charge in [-0.3, -0.25) is 9.11 Å². The van der Waals surface area contributed by atoms with Crippen LogP contribution in [0.5, 0.6) is 5.75 Å². The van der Waals surface area contributed by atoms with Crippen molar-refractivity contribution in [3.8, 4) is 5.75 Å². The quantitative estimate of drug-likeness (QED) is 0.353. The Labute approximate surface area is 207 Å². The van der Waals surface area contributed by atoms with E-state index in [-0.39, 0.29) is 33.1 Å². The summed E-state index contributed by atoms with van der Waals surface area (Å²) in [5.74, 6) is -0.848. The number of hydrogen-bond donors (Lipinski definition) is 1. The molecule has 3 aromatic rings. The number of rotatable bonds is 9. The number of nitrogens with zero attached hydrogens (tertiary/aromatic N) is 3. The van der Waals surface area contributed by atoms with Crippen molar-refractivity contribution in [2.75, 3.05) is 39.5 Å². The van der Waals surface area contributed by atoms with E-state index in [1.807, 2.05) is 39.1 Å². The van der Waals surface area contributed by atoms with E-state index in [9.17, 15) is 13.4 Å². The van der Waals surface area contributed by atoms with E-state index < -0.39 is 22.5 Å². The standard InChI is InChI=1S/C26H32FN4O3S/c1-6-13-30(4)24-17-11-9-10-12-22(17)31(7-2,8-3)25(32)18(24)16-35(33)26-28-20-14-19(27)23(34-5)15-21(20)29-26/h6,9-12,14-15,18,24H,1,7-8,13,16H2,2-5H3,(H,28,29)/q+1/t18?,24?,35-/m0/s1. The number of H-pyrrole nitrogens is 1. The highest BCUT2D eigenvalue weighted by molar-refractivity contribution is 7.84. The maximum Gasteiger partial charge on any atom is 0.324 e. The smallest absolute Gasteiger partial charge is 0.324 e. The van der Waals surface area contributed by atoms with E-state index in [0.717, 1.165) is 11.3 Å². The first kappa shape index (κ1) is 25.2. The van der Waals surface area contributed by atoms with Crippen LogP contribution in [-0.2, 0) is 15.6 Å². The predicted molar refractivity (Wildman–Crippen MR) is 137 cm³/mol. The van der Waals surface area contributed by atoms with Gasteiger partial charge in [-0.15, -0.1) is 6.58 Å². The molecule has 4 rings (SSSR count). The lowest BCUT2D eigenvalue weighted by Crippen LogP contribution is -2.62. The van der Waals surface area contributed by atoms with Crippen molar-refractivity contribution in [2.24, 2.45) is 5.92 Å². The van der Waals surface area contributed by atoms with Crippen molar-refractivity contribution in [1.82, 2.24) is 19.4 Å². The zero-order valence-electron chi connectivity index (χ0n) is 20.6. The second kappa shape index (κ2) is 10.0. The molecule has 1 amide bonds. The number of carbonyl (C=O) groups is 1. The van der Waals surface area contributed by atoms with Crippen LogP contribution < -0.4 is 9.22 Å². The first-order valence-electron chi connectivity index (χ1n) is 11.7. The number of quaternary nitrogens is 1. The Morgan fingerprint density at radius 3 is 2.66 bits per heavy atom. The molecule has 2 heterocycles. The number of hydrogen-bond acceptors (Lipinski definition) is 5. The van der Waals surface area contributed by atoms with Crippen LogP contribution in [0, 0.1) is 11.7 Å². The van der Waals surface area contributed by atoms with Crippen molar-refractivity contribution in [3.63, 3.8) is 0 Å². The van der Waals surface area contributed by atoms with Gasteiger partial charge in [-0.05, 0) is 27.0 Å². The third-order valence-electron chi connectivity index (χ3n) is 7.09. The van der Waals surface area contributed by atoms with Gasteiger partial charge >= 0.3 is 5.91 Å². The highest BCUT2D eigenvalue weighted by Crippen LogP contribution is 2.45. The van der Waals surface area contributed by atoms with Crippen LogP contribution in [0.25, 0.3) is 11.0 Å². The van der Waals surface area contributed by atoms with Crippen LogP contribution in [0.2, 0.25) is 0 Å². The summed E-state index contributed by atoms with van der Waals surface area (Å²) >= 11 is 0. The molecule has 1 aliphatic heterocycles. The van der Waals surface area contributed by atoms with Crippen LogP contribution in [0.4, 0.5) is 10.1 Å². The molecule has 1 N–H and O–H groups in total. The average molecular weight is 500 g/mol. The number of nitrogens with one attached hydrogen (secondary N) is 1. The summed E-state index contributed by atoms with van der Waals surface area (Å²) in [6.45, 7) is 9.69. The summed E-state index contributed by atoms with van der Waals surface area (Å²) in [6, 6.07) is 10.5. The van der Waals surface area contributed by atoms with Gasteiger partial charge in [-0.2, -0.15) is 0 Å². The lowest BCUT2D eigenvalue weighted by molar-refractivity contribution is -0.137. The maximum atomic E-state index is 14.2. The number of benzene rings is 2. The number of likely N-dealkylation sites (N-methyl/N-ethyl adjacent to an activating group) is 1. The van der Waals surface area contributed by atoms with E-state index in [0.29, 0.717) is 30.7 Å². The Bertz CT molecular complexity index is 1290. The molecule has 7 nitrogen and oxygen atoms in total. The van der Waals surface area contributed by atoms with E-state index in [1.165, 1.54) is 19.2 Å². The number of aromatic amines is 1. The van der Waals surface area contributed by atoms with Gasteiger partial charge in [-0.1, -0.05) is 24.3 Å². The highest BCUT2D eigenvalue weighted by Gasteiger charge is 2.53. The van der Waals surface area contributed by atoms with E-state index >= 15 is 0 Å². The normalized spacial score (nSPS) is 20.1. The molecule has 9 heteroatoms. The number of carbonyl (C=O) groups excluding carboxylic acids is 1. The second-order valence-corrected chi connectivity index (χ2v) is 10.2. The van der Waals surface area contributed by atoms with Crippen LogP contribution in [-0.4, -0.2) is 64.5 Å². The minimum absolute atomic E-state index is 0.0480. The fraction of sp³-hybridized carbons (Fsp3) is 0.385. The Kier molecular flexibility index (Phi) is 7.21. The monoisotopic (exact) mass is 499 g/mol. The number of amides is 1. The Morgan fingerprint density at radius 1 is 1.29 bits per heavy atom. The first-order chi connectivity index (χ1) is 16.8. The first-order valence-corrected chi connectivity index (χ1v) is 13.1. The van der Waals surface area contributed by atoms with Gasteiger partial charge in [0.1, 0.15) is 11.6 Å². The average Bonchev–Trinajstić information content (AvgIpc) is 3.27. The zero-order valence-corrected chi connectivity index (χ0v) is 21.4. The number of halogens is 1. The molecular formula is C26H32FN4O3S+. The molecular weight excluding hydrogens is 467 g/mol. The molecule has 0 spiro atoms. The minimum Gasteiger partial charge on any atom is -0.494 e. The molecule has 1 aliphatic rings. The molecule has 0 saturated heterocycles. The SMILES string of the molecule is C=CCN(C)C1c2ccccc2[N+](CC)(CC)C(=O)C1C[S@](=O)c1nc2cc(OC)c(F)cc2[nH]1. The largest absolute Gasteiger partial charge is 0.494 e. The number of imidazole rings is 1. The van der Waals surface area contributed by atoms with Gasteiger partial charge in [0.05, 0.1) is 48.1 Å². The lowest BCUT2D eigenvalue weighted by Gasteiger charge is -2.46. The summed E-state index contributed by atoms with van der Waals surface area (Å²) in [4.78, 5) is 23.6. The third-order valence-corrected chi connectivity index (χ3v) is 8.38. The molecule has 1 aromatic heterocycles. The van der Waals surface area contributed by atoms with Gasteiger partial charge < -0.3 is 9.72 Å². The Balaban J connectivity index is 1.77. The van der Waals surface area contributed by atoms with Gasteiger partial charge in [-0.25, -0.2) is 18.7 Å². The van der Waals surface area contributed by atoms with Crippen molar-refractivity contribution in [3.05, 3.63) is 60.4 Å². The van der Waals surface area contributed by atoms with Gasteiger partial charge in [0.15, 0.2) is 16.7 Å². The number of para-hydroxylation sites is 1. The summed E-state index contributed by atoms with van der Waals surface area (Å²) in [7, 11) is 1.72. The third kappa shape index (κ3) is 4.22. The van der Waals surface area contributed by atoms with Crippen molar-refractivity contribution in [2.45, 2.75) is 25.0 Å². The van der Waals surface area contributed by atoms with Crippen molar-refractivity contribution in [1.29, 1.82) is 0 Å². The van der Waals surface area contributed by atoms with Crippen molar-refractivity contribution < 1.29 is 18.1 Å². The Morgan fingerprint density at radius 2 is 2.00 bits per heavy atom. The number of fused-ring (bicyclic) bond motifs is 2. The second-order valence-electron chi connectivity index (χ2n) is 8.84. The van der Waals surface area contributed by atoms with Crippen LogP contribution in [0.15, 0.2) is 54.2 Å². The summed E-state index contributed by atoms with van der Waals surface area (Å²) in [5.41, 5.74) is 2.95. The molecule has 35 heavy (non-hydrogen) atoms. The predicted octanol–water partition coefficient (Wildman–Crippen LogP) is 4.18. The fourth-order valence-electron chi connectivity index (χ4n) is 5.31. The van der Waals surface area contributed by atoms with Crippen LogP contribution >= 0.6 is 0 Å². The molecule has 0 bridgehead atoms. The molecule has 2 unspecified atom stereocenters. The van der Waals surface area contributed by atoms with E-state index in [1.54, 1.807) is 6.08 Å². The summed E-state index contributed by atoms with van der Waals surface area (Å²) in [6.07, 6.45) is 1.80. The molecule has 0 aliphatic carbocycles. The summed E-state index contributed by atoms with van der Waals surface area (Å²) in [5, 5.41) is 0.218. The minimum atomic E-state index is -1.62. The highest BCUT2D eigenvalue weighted by atomic mass is 32.2. The molecule has 186 valence electrons. The van der Waals surface area contributed by atoms with Crippen LogP contribution in [0.3, 0.4) is 0 Å². The van der Waals surface area contributed by atoms with Gasteiger partial charge in [0, 0.05) is 30.0 Å². The van der Waals surface area contributed by atoms with Crippen LogP contribution in [0.1, 0.15) is 25.5 Å². The van der Waals surface area contributed by atoms with E-state index in [2.05, 4.69) is 27.5 Å². The lowest BCUT2D eigenvalue weighted by atomic mass is 9.84. The number of methoxy groups -OCH3 is 1. The number of ether oxygens (including phenoxy) is 1. The maximum absolute atomic E-state index is 14.2. The molecule has 0 fully saturated rings. The molecule has 0 radical (unpaired) electrons. The fourth-order valence-corrected chi connectivity index (χ4v) is 6.54. The summed E-state index contributed by atoms with van der Waals surface area (Å²) < 4.78 is 33.0. The van der Waals surface area contributed by atoms with Gasteiger partial charge in [0.25, 0.3) is 0 Å². The number of aromatic nitrogens is 2. The topological polar surface area (TPSA) is 75.3 Å². The molecule has 2 aromatic carbocycles. The molecule has 0 saturated carbocycles. The Hall–Kier alpha value is -2.88.